The van der Waals surface area contributed by atoms with Crippen LogP contribution < -0.4 is 4.72 Å². The molecule has 0 aliphatic rings. The van der Waals surface area contributed by atoms with Crippen LogP contribution >= 0.6 is 11.6 Å². The summed E-state index contributed by atoms with van der Waals surface area (Å²) in [5, 5.41) is 4.12. The summed E-state index contributed by atoms with van der Waals surface area (Å²) in [5.41, 5.74) is 1.47. The number of halogens is 1. The summed E-state index contributed by atoms with van der Waals surface area (Å²) in [6, 6.07) is 9.88. The zero-order chi connectivity index (χ0) is 17.7. The number of nitrogens with one attached hydrogen (secondary N) is 1. The molecule has 0 amide bonds. The highest BCUT2D eigenvalue weighted by molar-refractivity contribution is 7.89. The van der Waals surface area contributed by atoms with Gasteiger partial charge in [0.25, 0.3) is 0 Å². The maximum absolute atomic E-state index is 12.3. The molecule has 0 radical (unpaired) electrons. The van der Waals surface area contributed by atoms with Gasteiger partial charge in [0, 0.05) is 20.2 Å². The lowest BCUT2D eigenvalue weighted by Gasteiger charge is -2.13. The third-order valence-corrected chi connectivity index (χ3v) is 5.77. The van der Waals surface area contributed by atoms with Crippen molar-refractivity contribution in [2.45, 2.75) is 31.3 Å². The molecule has 0 saturated heterocycles. The summed E-state index contributed by atoms with van der Waals surface area (Å²) in [7, 11) is -2.07. The Labute approximate surface area is 147 Å². The molecule has 0 fully saturated rings. The number of hydrogen-bond acceptors (Lipinski definition) is 4. The first kappa shape index (κ1) is 18.9. The molecular formula is C16H22ClN3O3S. The van der Waals surface area contributed by atoms with Crippen LogP contribution in [0.15, 0.2) is 35.2 Å². The molecule has 1 unspecified atom stereocenters. The van der Waals surface area contributed by atoms with Crippen LogP contribution in [0, 0.1) is 6.92 Å². The molecule has 0 bridgehead atoms. The van der Waals surface area contributed by atoms with Crippen molar-refractivity contribution in [3.63, 3.8) is 0 Å². The first-order chi connectivity index (χ1) is 11.3. The van der Waals surface area contributed by atoms with Crippen molar-refractivity contribution in [2.75, 3.05) is 13.2 Å². The van der Waals surface area contributed by atoms with Crippen molar-refractivity contribution in [3.8, 4) is 0 Å². The fraction of sp³-hybridized carbons (Fsp3) is 0.438. The lowest BCUT2D eigenvalue weighted by atomic mass is 10.1. The molecule has 6 nitrogen and oxygen atoms in total. The molecule has 1 atom stereocenters. The Morgan fingerprint density at radius 3 is 2.58 bits per heavy atom. The number of ether oxygens (including phenoxy) is 1. The molecule has 2 rings (SSSR count). The molecule has 2 aromatic rings. The Morgan fingerprint density at radius 1 is 1.33 bits per heavy atom. The van der Waals surface area contributed by atoms with Crippen LogP contribution in [0.4, 0.5) is 0 Å². The minimum absolute atomic E-state index is 0.0298. The van der Waals surface area contributed by atoms with Gasteiger partial charge in [0.15, 0.2) is 0 Å². The van der Waals surface area contributed by atoms with Crippen LogP contribution in [-0.2, 0) is 21.8 Å². The monoisotopic (exact) mass is 371 g/mol. The molecule has 1 heterocycles. The first-order valence-corrected chi connectivity index (χ1v) is 9.54. The molecule has 0 saturated carbocycles. The van der Waals surface area contributed by atoms with Gasteiger partial charge < -0.3 is 4.74 Å². The van der Waals surface area contributed by atoms with E-state index in [-0.39, 0.29) is 22.7 Å². The zero-order valence-corrected chi connectivity index (χ0v) is 15.6. The average Bonchev–Trinajstić information content (AvgIpc) is 2.80. The summed E-state index contributed by atoms with van der Waals surface area (Å²) >= 11 is 6.00. The summed E-state index contributed by atoms with van der Waals surface area (Å²) in [4.78, 5) is 0.0326. The van der Waals surface area contributed by atoms with Gasteiger partial charge in [-0.2, -0.15) is 5.10 Å². The van der Waals surface area contributed by atoms with Crippen LogP contribution in [0.5, 0.6) is 0 Å². The number of aryl methyl sites for hydroxylation is 2. The SMILES string of the molecule is Cc1nn(C)c(Cl)c1S(=O)(=O)NCCCOC(C)c1ccccc1. The minimum atomic E-state index is -3.67. The van der Waals surface area contributed by atoms with Gasteiger partial charge in [-0.05, 0) is 25.8 Å². The molecule has 0 spiro atoms. The normalized spacial score (nSPS) is 13.2. The minimum Gasteiger partial charge on any atom is -0.374 e. The number of aromatic nitrogens is 2. The van der Waals surface area contributed by atoms with Gasteiger partial charge in [0.2, 0.25) is 10.0 Å². The maximum Gasteiger partial charge on any atom is 0.245 e. The van der Waals surface area contributed by atoms with Crippen molar-refractivity contribution in [2.24, 2.45) is 7.05 Å². The Morgan fingerprint density at radius 2 is 2.00 bits per heavy atom. The Balaban J connectivity index is 1.81. The van der Waals surface area contributed by atoms with E-state index in [0.717, 1.165) is 5.56 Å². The molecule has 0 aliphatic carbocycles. The lowest BCUT2D eigenvalue weighted by Crippen LogP contribution is -2.26. The number of rotatable bonds is 8. The Hall–Kier alpha value is -1.41. The molecule has 132 valence electrons. The van der Waals surface area contributed by atoms with Gasteiger partial charge in [-0.25, -0.2) is 13.1 Å². The largest absolute Gasteiger partial charge is 0.374 e. The fourth-order valence-corrected chi connectivity index (χ4v) is 4.17. The van der Waals surface area contributed by atoms with Crippen molar-refractivity contribution in [1.29, 1.82) is 0 Å². The summed E-state index contributed by atoms with van der Waals surface area (Å²) in [5.74, 6) is 0. The van der Waals surface area contributed by atoms with E-state index in [2.05, 4.69) is 9.82 Å². The molecule has 24 heavy (non-hydrogen) atoms. The van der Waals surface area contributed by atoms with Crippen LogP contribution in [0.2, 0.25) is 5.15 Å². The quantitative estimate of drug-likeness (QED) is 0.724. The number of benzene rings is 1. The summed E-state index contributed by atoms with van der Waals surface area (Å²) in [6.07, 6.45) is 0.533. The molecule has 1 aromatic heterocycles. The Bertz CT molecular complexity index is 775. The molecular weight excluding hydrogens is 350 g/mol. The highest BCUT2D eigenvalue weighted by atomic mass is 35.5. The first-order valence-electron chi connectivity index (χ1n) is 7.68. The van der Waals surface area contributed by atoms with Gasteiger partial charge >= 0.3 is 0 Å². The summed E-state index contributed by atoms with van der Waals surface area (Å²) < 4.78 is 34.2. The smallest absolute Gasteiger partial charge is 0.245 e. The lowest BCUT2D eigenvalue weighted by molar-refractivity contribution is 0.0647. The van der Waals surface area contributed by atoms with Crippen molar-refractivity contribution >= 4 is 21.6 Å². The third-order valence-electron chi connectivity index (χ3n) is 3.62. The van der Waals surface area contributed by atoms with Gasteiger partial charge in [0.05, 0.1) is 11.8 Å². The van der Waals surface area contributed by atoms with E-state index in [1.807, 2.05) is 37.3 Å². The van der Waals surface area contributed by atoms with Gasteiger partial charge in [-0.3, -0.25) is 4.68 Å². The van der Waals surface area contributed by atoms with E-state index >= 15 is 0 Å². The summed E-state index contributed by atoms with van der Waals surface area (Å²) in [6.45, 7) is 4.32. The Kier molecular flexibility index (Phi) is 6.40. The molecule has 8 heteroatoms. The fourth-order valence-electron chi connectivity index (χ4n) is 2.35. The highest BCUT2D eigenvalue weighted by Crippen LogP contribution is 2.23. The van der Waals surface area contributed by atoms with Gasteiger partial charge in [-0.1, -0.05) is 41.9 Å². The van der Waals surface area contributed by atoms with Crippen molar-refractivity contribution < 1.29 is 13.2 Å². The second kappa shape index (κ2) is 8.11. The van der Waals surface area contributed by atoms with E-state index in [1.54, 1.807) is 14.0 Å². The van der Waals surface area contributed by atoms with E-state index in [0.29, 0.717) is 18.7 Å². The van der Waals surface area contributed by atoms with E-state index in [4.69, 9.17) is 16.3 Å². The van der Waals surface area contributed by atoms with E-state index < -0.39 is 10.0 Å². The predicted molar refractivity (Wildman–Crippen MR) is 93.6 cm³/mol. The van der Waals surface area contributed by atoms with Crippen LogP contribution in [0.3, 0.4) is 0 Å². The van der Waals surface area contributed by atoms with Gasteiger partial charge in [-0.15, -0.1) is 0 Å². The van der Waals surface area contributed by atoms with Crippen LogP contribution in [-0.4, -0.2) is 31.3 Å². The number of nitrogens with zero attached hydrogens (tertiary/aromatic N) is 2. The predicted octanol–water partition coefficient (Wildman–Crippen LogP) is 2.83. The second-order valence-electron chi connectivity index (χ2n) is 5.50. The molecule has 0 aliphatic heterocycles. The van der Waals surface area contributed by atoms with E-state index in [9.17, 15) is 8.42 Å². The van der Waals surface area contributed by atoms with Crippen molar-refractivity contribution in [1.82, 2.24) is 14.5 Å². The standard InChI is InChI=1S/C16H22ClN3O3S/c1-12-15(16(17)20(3)19-12)24(21,22)18-10-7-11-23-13(2)14-8-5-4-6-9-14/h4-6,8-9,13,18H,7,10-11H2,1-3H3. The highest BCUT2D eigenvalue weighted by Gasteiger charge is 2.24. The van der Waals surface area contributed by atoms with Crippen LogP contribution in [0.25, 0.3) is 0 Å². The maximum atomic E-state index is 12.3. The van der Waals surface area contributed by atoms with E-state index in [1.165, 1.54) is 4.68 Å². The topological polar surface area (TPSA) is 73.2 Å². The average molecular weight is 372 g/mol. The van der Waals surface area contributed by atoms with Gasteiger partial charge in [0.1, 0.15) is 10.0 Å². The molecule has 1 N–H and O–H groups in total. The number of hydrogen-bond donors (Lipinski definition) is 1. The number of sulfonamides is 1. The zero-order valence-electron chi connectivity index (χ0n) is 14.0. The third kappa shape index (κ3) is 4.57. The van der Waals surface area contributed by atoms with Crippen molar-refractivity contribution in [3.05, 3.63) is 46.7 Å². The second-order valence-corrected chi connectivity index (χ2v) is 7.57. The van der Waals surface area contributed by atoms with Crippen LogP contribution in [0.1, 0.15) is 30.7 Å². The molecule has 1 aromatic carbocycles.